The van der Waals surface area contributed by atoms with Crippen LogP contribution in [0.1, 0.15) is 11.4 Å². The number of halogens is 2. The van der Waals surface area contributed by atoms with Gasteiger partial charge >= 0.3 is 0 Å². The van der Waals surface area contributed by atoms with Crippen molar-refractivity contribution in [3.8, 4) is 0 Å². The average Bonchev–Trinajstić information content (AvgIpc) is 2.75. The van der Waals surface area contributed by atoms with E-state index in [9.17, 15) is 0 Å². The molecule has 0 bridgehead atoms. The van der Waals surface area contributed by atoms with E-state index in [2.05, 4.69) is 35.9 Å². The molecule has 10 heteroatoms. The van der Waals surface area contributed by atoms with Crippen LogP contribution in [-0.2, 0) is 0 Å². The Balaban J connectivity index is 1.63. The van der Waals surface area contributed by atoms with Gasteiger partial charge in [0.15, 0.2) is 0 Å². The van der Waals surface area contributed by atoms with Crippen LogP contribution >= 0.6 is 35.4 Å². The van der Waals surface area contributed by atoms with Crippen molar-refractivity contribution in [1.82, 2.24) is 15.0 Å². The molecule has 166 valence electrons. The van der Waals surface area contributed by atoms with E-state index in [1.165, 1.54) is 0 Å². The first-order valence-corrected chi connectivity index (χ1v) is 11.1. The van der Waals surface area contributed by atoms with Gasteiger partial charge in [-0.05, 0) is 62.5 Å². The van der Waals surface area contributed by atoms with Crippen LogP contribution in [0.15, 0.2) is 65.8 Å². The molecule has 4 rings (SSSR count). The van der Waals surface area contributed by atoms with Crippen LogP contribution in [0, 0.1) is 13.8 Å². The van der Waals surface area contributed by atoms with Crippen LogP contribution in [0.25, 0.3) is 10.9 Å². The van der Waals surface area contributed by atoms with Crippen LogP contribution in [0.3, 0.4) is 0 Å². The predicted molar refractivity (Wildman–Crippen MR) is 141 cm³/mol. The lowest BCUT2D eigenvalue weighted by Crippen LogP contribution is -2.26. The third kappa shape index (κ3) is 6.13. The highest BCUT2D eigenvalue weighted by molar-refractivity contribution is 7.80. The SMILES string of the molecule is Cc1cc(C)nc(N/C(=N\C(=S)Nc2ccc(Cl)cc2Cl)Nc2cnc3ccccc3c2)n1. The van der Waals surface area contributed by atoms with E-state index in [0.29, 0.717) is 27.6 Å². The van der Waals surface area contributed by atoms with E-state index in [1.807, 2.05) is 50.2 Å². The molecule has 7 nitrogen and oxygen atoms in total. The summed E-state index contributed by atoms with van der Waals surface area (Å²) in [6.45, 7) is 3.79. The number of rotatable bonds is 3. The third-order valence-electron chi connectivity index (χ3n) is 4.45. The summed E-state index contributed by atoms with van der Waals surface area (Å²) in [7, 11) is 0. The van der Waals surface area contributed by atoms with Gasteiger partial charge in [-0.25, -0.2) is 9.97 Å². The molecule has 0 aliphatic heterocycles. The highest BCUT2D eigenvalue weighted by Crippen LogP contribution is 2.25. The lowest BCUT2D eigenvalue weighted by molar-refractivity contribution is 1.06. The predicted octanol–water partition coefficient (Wildman–Crippen LogP) is 6.23. The molecule has 2 aromatic carbocycles. The molecule has 0 aliphatic carbocycles. The number of nitrogens with one attached hydrogen (secondary N) is 3. The number of fused-ring (bicyclic) bond motifs is 1. The summed E-state index contributed by atoms with van der Waals surface area (Å²) in [5, 5.41) is 11.4. The molecule has 0 atom stereocenters. The average molecular weight is 496 g/mol. The zero-order chi connectivity index (χ0) is 23.4. The Morgan fingerprint density at radius 2 is 1.67 bits per heavy atom. The third-order valence-corrected chi connectivity index (χ3v) is 5.19. The van der Waals surface area contributed by atoms with Crippen LogP contribution in [0.2, 0.25) is 10.0 Å². The number of aliphatic imine (C=N–C) groups is 1. The zero-order valence-electron chi connectivity index (χ0n) is 17.7. The number of pyridine rings is 1. The molecule has 0 unspecified atom stereocenters. The minimum absolute atomic E-state index is 0.173. The molecule has 0 amide bonds. The zero-order valence-corrected chi connectivity index (χ0v) is 20.1. The Bertz CT molecular complexity index is 1350. The first-order chi connectivity index (χ1) is 15.9. The van der Waals surface area contributed by atoms with Gasteiger partial charge in [0, 0.05) is 21.8 Å². The van der Waals surface area contributed by atoms with Crippen LogP contribution in [0.4, 0.5) is 17.3 Å². The molecule has 2 aromatic heterocycles. The standard InChI is InChI=1S/C23H19Cl2N7S/c1-13-9-14(2)28-21(27-13)31-22(29-17-10-15-5-3-4-6-19(15)26-12-17)32-23(33)30-20-8-7-16(24)11-18(20)25/h3-12H,1-2H3,(H3,27,28,29,30,31,32,33). The van der Waals surface area contributed by atoms with Crippen molar-refractivity contribution < 1.29 is 0 Å². The molecular formula is C23H19Cl2N7S. The minimum Gasteiger partial charge on any atom is -0.330 e. The summed E-state index contributed by atoms with van der Waals surface area (Å²) in [5.41, 5.74) is 3.85. The van der Waals surface area contributed by atoms with Gasteiger partial charge in [0.05, 0.1) is 28.1 Å². The molecule has 0 saturated carbocycles. The van der Waals surface area contributed by atoms with E-state index in [4.69, 9.17) is 35.4 Å². The summed E-state index contributed by atoms with van der Waals surface area (Å²) < 4.78 is 0. The summed E-state index contributed by atoms with van der Waals surface area (Å²) in [6.07, 6.45) is 1.72. The number of benzene rings is 2. The van der Waals surface area contributed by atoms with Crippen LogP contribution in [0.5, 0.6) is 0 Å². The first kappa shape index (κ1) is 22.8. The smallest absolute Gasteiger partial charge is 0.229 e. The first-order valence-electron chi connectivity index (χ1n) is 9.91. The number of aryl methyl sites for hydroxylation is 2. The van der Waals surface area contributed by atoms with Gasteiger partial charge in [0.25, 0.3) is 0 Å². The topological polar surface area (TPSA) is 87.1 Å². The molecule has 4 aromatic rings. The van der Waals surface area contributed by atoms with Crippen molar-refractivity contribution in [2.45, 2.75) is 13.8 Å². The second-order valence-electron chi connectivity index (χ2n) is 7.16. The maximum Gasteiger partial charge on any atom is 0.229 e. The van der Waals surface area contributed by atoms with Gasteiger partial charge in [-0.15, -0.1) is 0 Å². The minimum atomic E-state index is 0.173. The number of guanidine groups is 1. The van der Waals surface area contributed by atoms with Gasteiger partial charge in [-0.3, -0.25) is 10.3 Å². The second kappa shape index (κ2) is 10.1. The molecule has 33 heavy (non-hydrogen) atoms. The van der Waals surface area contributed by atoms with Gasteiger partial charge < -0.3 is 10.6 Å². The monoisotopic (exact) mass is 495 g/mol. The number of aromatic nitrogens is 3. The normalized spacial score (nSPS) is 11.3. The fraction of sp³-hybridized carbons (Fsp3) is 0.0870. The Kier molecular flexibility index (Phi) is 6.98. The van der Waals surface area contributed by atoms with Crippen LogP contribution < -0.4 is 16.0 Å². The van der Waals surface area contributed by atoms with E-state index in [0.717, 1.165) is 28.0 Å². The summed E-state index contributed by atoms with van der Waals surface area (Å²) in [4.78, 5) is 17.8. The van der Waals surface area contributed by atoms with E-state index < -0.39 is 0 Å². The molecule has 0 radical (unpaired) electrons. The quantitative estimate of drug-likeness (QED) is 0.176. The van der Waals surface area contributed by atoms with E-state index >= 15 is 0 Å². The van der Waals surface area contributed by atoms with Gasteiger partial charge in [0.1, 0.15) is 0 Å². The van der Waals surface area contributed by atoms with Crippen molar-refractivity contribution in [1.29, 1.82) is 0 Å². The van der Waals surface area contributed by atoms with Crippen LogP contribution in [-0.4, -0.2) is 26.0 Å². The van der Waals surface area contributed by atoms with Crippen molar-refractivity contribution in [3.63, 3.8) is 0 Å². The number of thiocarbonyl (C=S) groups is 1. The molecule has 2 heterocycles. The lowest BCUT2D eigenvalue weighted by atomic mass is 10.2. The number of hydrogen-bond donors (Lipinski definition) is 3. The summed E-state index contributed by atoms with van der Waals surface area (Å²) in [5.74, 6) is 0.708. The van der Waals surface area contributed by atoms with Crippen molar-refractivity contribution in [3.05, 3.63) is 82.2 Å². The molecule has 0 spiro atoms. The Hall–Kier alpha value is -3.33. The number of nitrogens with zero attached hydrogens (tertiary/aromatic N) is 4. The Morgan fingerprint density at radius 3 is 2.42 bits per heavy atom. The summed E-state index contributed by atoms with van der Waals surface area (Å²) >= 11 is 17.7. The van der Waals surface area contributed by atoms with E-state index in [1.54, 1.807) is 24.4 Å². The highest BCUT2D eigenvalue weighted by Gasteiger charge is 2.09. The largest absolute Gasteiger partial charge is 0.330 e. The summed E-state index contributed by atoms with van der Waals surface area (Å²) in [6, 6.07) is 16.8. The molecule has 0 saturated heterocycles. The maximum absolute atomic E-state index is 6.25. The highest BCUT2D eigenvalue weighted by atomic mass is 35.5. The van der Waals surface area contributed by atoms with Crippen molar-refractivity contribution in [2.75, 3.05) is 16.0 Å². The molecule has 3 N–H and O–H groups in total. The van der Waals surface area contributed by atoms with E-state index in [-0.39, 0.29) is 5.11 Å². The van der Waals surface area contributed by atoms with Gasteiger partial charge in [-0.1, -0.05) is 41.4 Å². The van der Waals surface area contributed by atoms with Crippen molar-refractivity contribution in [2.24, 2.45) is 4.99 Å². The molecule has 0 fully saturated rings. The number of para-hydroxylation sites is 1. The van der Waals surface area contributed by atoms with Gasteiger partial charge in [0.2, 0.25) is 17.0 Å². The fourth-order valence-corrected chi connectivity index (χ4v) is 3.74. The Morgan fingerprint density at radius 1 is 0.909 bits per heavy atom. The van der Waals surface area contributed by atoms with Crippen molar-refractivity contribution >= 4 is 74.7 Å². The maximum atomic E-state index is 6.25. The Labute approximate surface area is 206 Å². The number of hydrogen-bond acceptors (Lipinski definition) is 4. The second-order valence-corrected chi connectivity index (χ2v) is 8.39. The molecule has 0 aliphatic rings. The number of anilines is 3. The fourth-order valence-electron chi connectivity index (χ4n) is 3.09. The van der Waals surface area contributed by atoms with Gasteiger partial charge in [-0.2, -0.15) is 4.99 Å². The lowest BCUT2D eigenvalue weighted by Gasteiger charge is -2.14. The molecular weight excluding hydrogens is 477 g/mol.